The summed E-state index contributed by atoms with van der Waals surface area (Å²) in [6.07, 6.45) is 6.97. The van der Waals surface area contributed by atoms with Crippen LogP contribution in [0.1, 0.15) is 49.6 Å². The lowest BCUT2D eigenvalue weighted by atomic mass is 9.87. The van der Waals surface area contributed by atoms with Gasteiger partial charge in [-0.25, -0.2) is 14.4 Å². The minimum absolute atomic E-state index is 0.204. The van der Waals surface area contributed by atoms with E-state index in [1.807, 2.05) is 60.5 Å². The van der Waals surface area contributed by atoms with E-state index in [2.05, 4.69) is 4.98 Å². The summed E-state index contributed by atoms with van der Waals surface area (Å²) in [5.74, 6) is -1.07. The number of carboxylic acid groups (broad SMARTS) is 1. The van der Waals surface area contributed by atoms with Crippen LogP contribution in [-0.4, -0.2) is 47.3 Å². The molecule has 0 fully saturated rings. The molecule has 5 heterocycles. The fourth-order valence-corrected chi connectivity index (χ4v) is 5.42. The molecular weight excluding hydrogens is 523 g/mol. The van der Waals surface area contributed by atoms with Crippen molar-refractivity contribution in [3.8, 4) is 28.1 Å². The van der Waals surface area contributed by atoms with Crippen LogP contribution in [0.25, 0.3) is 39.1 Å². The van der Waals surface area contributed by atoms with Gasteiger partial charge in [0.15, 0.2) is 11.6 Å². The fourth-order valence-electron chi connectivity index (χ4n) is 5.42. The van der Waals surface area contributed by atoms with E-state index in [1.54, 1.807) is 27.0 Å². The highest BCUT2D eigenvalue weighted by atomic mass is 19.1. The number of aryl methyl sites for hydroxylation is 2. The molecule has 1 aliphatic rings. The molecule has 1 aliphatic heterocycles. The largest absolute Gasteiger partial charge is 0.490 e. The second-order valence-corrected chi connectivity index (χ2v) is 11.5. The molecule has 8 nitrogen and oxygen atoms in total. The first-order chi connectivity index (χ1) is 19.3. The van der Waals surface area contributed by atoms with Crippen LogP contribution in [0.5, 0.6) is 5.75 Å². The lowest BCUT2D eigenvalue weighted by Crippen LogP contribution is -2.13. The molecule has 0 saturated heterocycles. The number of pyridine rings is 2. The minimum Gasteiger partial charge on any atom is -0.490 e. The molecule has 4 aromatic heterocycles. The third-order valence-electron chi connectivity index (χ3n) is 7.20. The molecule has 214 valence electrons. The van der Waals surface area contributed by atoms with Gasteiger partial charge in [-0.15, -0.1) is 0 Å². The molecule has 6 rings (SSSR count). The standard InChI is InChI=1S/C28H25FN4O3.C4H10O/c1-15-18-5-4-10-36-27(18)22(29)11-19(15)26-20(13-25(34)35)16(2)31-28-21(26)12-23(32(28)3)17-6-7-24-30-8-9-33(24)14-17;1-4(2,3)5/h6-9,11-12,14H,4-5,10,13H2,1-3H3,(H,34,35);5H,1-3H3. The molecule has 0 bridgehead atoms. The Labute approximate surface area is 238 Å². The first kappa shape index (κ1) is 28.3. The van der Waals surface area contributed by atoms with Crippen molar-refractivity contribution < 1.29 is 24.1 Å². The van der Waals surface area contributed by atoms with Crippen LogP contribution in [-0.2, 0) is 24.7 Å². The Hall–Kier alpha value is -4.24. The Morgan fingerprint density at radius 2 is 1.93 bits per heavy atom. The van der Waals surface area contributed by atoms with E-state index in [1.165, 1.54) is 6.07 Å². The van der Waals surface area contributed by atoms with Crippen LogP contribution in [0.15, 0.2) is 42.9 Å². The molecule has 2 N–H and O–H groups in total. The number of rotatable bonds is 4. The number of aliphatic hydroxyl groups is 1. The van der Waals surface area contributed by atoms with Gasteiger partial charge in [0.1, 0.15) is 11.3 Å². The third kappa shape index (κ3) is 5.54. The number of nitrogens with zero attached hydrogens (tertiary/aromatic N) is 4. The van der Waals surface area contributed by atoms with Crippen molar-refractivity contribution in [3.63, 3.8) is 0 Å². The number of carboxylic acids is 1. The average molecular weight is 559 g/mol. The first-order valence-electron chi connectivity index (χ1n) is 13.6. The van der Waals surface area contributed by atoms with Crippen LogP contribution >= 0.6 is 0 Å². The maximum Gasteiger partial charge on any atom is 0.307 e. The fraction of sp³-hybridized carbons (Fsp3) is 0.344. The summed E-state index contributed by atoms with van der Waals surface area (Å²) in [7, 11) is 1.94. The SMILES string of the molecule is CC(C)(C)O.Cc1nc2c(cc(-c3ccc4nccn4c3)n2C)c(-c2cc(F)c3c(c2C)CCCO3)c1CC(=O)O. The summed E-state index contributed by atoms with van der Waals surface area (Å²) in [5, 5.41) is 19.0. The van der Waals surface area contributed by atoms with Crippen molar-refractivity contribution in [2.24, 2.45) is 7.05 Å². The second-order valence-electron chi connectivity index (χ2n) is 11.5. The molecule has 9 heteroatoms. The number of carbonyl (C=O) groups is 1. The maximum absolute atomic E-state index is 15.3. The number of hydrogen-bond donors (Lipinski definition) is 2. The molecule has 0 unspecified atom stereocenters. The number of benzene rings is 1. The number of hydrogen-bond acceptors (Lipinski definition) is 5. The third-order valence-corrected chi connectivity index (χ3v) is 7.20. The van der Waals surface area contributed by atoms with Crippen molar-refractivity contribution in [3.05, 3.63) is 71.1 Å². The molecule has 0 amide bonds. The van der Waals surface area contributed by atoms with Gasteiger partial charge in [-0.2, -0.15) is 0 Å². The molecule has 0 aliphatic carbocycles. The van der Waals surface area contributed by atoms with Crippen molar-refractivity contribution in [1.82, 2.24) is 18.9 Å². The number of fused-ring (bicyclic) bond motifs is 3. The van der Waals surface area contributed by atoms with E-state index in [0.717, 1.165) is 51.8 Å². The zero-order chi connectivity index (χ0) is 29.6. The number of aromatic nitrogens is 4. The van der Waals surface area contributed by atoms with E-state index in [0.29, 0.717) is 34.8 Å². The topological polar surface area (TPSA) is 102 Å². The van der Waals surface area contributed by atoms with Gasteiger partial charge >= 0.3 is 5.97 Å². The van der Waals surface area contributed by atoms with Gasteiger partial charge in [0.25, 0.3) is 0 Å². The van der Waals surface area contributed by atoms with Crippen LogP contribution < -0.4 is 4.74 Å². The second kappa shape index (κ2) is 10.6. The Kier molecular flexibility index (Phi) is 7.33. The Morgan fingerprint density at radius 3 is 2.63 bits per heavy atom. The van der Waals surface area contributed by atoms with Crippen LogP contribution in [0, 0.1) is 19.7 Å². The molecule has 0 radical (unpaired) electrons. The molecule has 0 saturated carbocycles. The number of ether oxygens (including phenoxy) is 1. The van der Waals surface area contributed by atoms with Gasteiger partial charge in [-0.3, -0.25) is 4.79 Å². The predicted octanol–water partition coefficient (Wildman–Crippen LogP) is 6.04. The normalized spacial score (nSPS) is 13.1. The maximum atomic E-state index is 15.3. The van der Waals surface area contributed by atoms with Gasteiger partial charge in [0, 0.05) is 47.8 Å². The van der Waals surface area contributed by atoms with Crippen LogP contribution in [0.2, 0.25) is 0 Å². The Bertz CT molecular complexity index is 1790. The first-order valence-corrected chi connectivity index (χ1v) is 13.6. The smallest absolute Gasteiger partial charge is 0.307 e. The average Bonchev–Trinajstić information content (AvgIpc) is 3.50. The van der Waals surface area contributed by atoms with Crippen molar-refractivity contribution in [2.75, 3.05) is 6.61 Å². The van der Waals surface area contributed by atoms with Gasteiger partial charge in [-0.05, 0) is 94.0 Å². The predicted molar refractivity (Wildman–Crippen MR) is 157 cm³/mol. The van der Waals surface area contributed by atoms with Crippen LogP contribution in [0.4, 0.5) is 4.39 Å². The monoisotopic (exact) mass is 558 g/mol. The molecular formula is C32H35FN4O4. The van der Waals surface area contributed by atoms with Gasteiger partial charge in [-0.1, -0.05) is 0 Å². The van der Waals surface area contributed by atoms with Crippen molar-refractivity contribution in [1.29, 1.82) is 0 Å². The van der Waals surface area contributed by atoms with Gasteiger partial charge < -0.3 is 23.9 Å². The van der Waals surface area contributed by atoms with E-state index >= 15 is 4.39 Å². The van der Waals surface area contributed by atoms with E-state index in [9.17, 15) is 9.90 Å². The van der Waals surface area contributed by atoms with Crippen LogP contribution in [0.3, 0.4) is 0 Å². The van der Waals surface area contributed by atoms with Gasteiger partial charge in [0.2, 0.25) is 0 Å². The summed E-state index contributed by atoms with van der Waals surface area (Å²) in [6, 6.07) is 7.46. The lowest BCUT2D eigenvalue weighted by Gasteiger charge is -2.23. The minimum atomic E-state index is -0.957. The Morgan fingerprint density at radius 1 is 1.20 bits per heavy atom. The number of aliphatic carboxylic acids is 1. The van der Waals surface area contributed by atoms with Crippen molar-refractivity contribution in [2.45, 2.75) is 59.5 Å². The quantitative estimate of drug-likeness (QED) is 0.279. The van der Waals surface area contributed by atoms with Gasteiger partial charge in [0.05, 0.1) is 24.3 Å². The summed E-state index contributed by atoms with van der Waals surface area (Å²) in [5.41, 5.74) is 7.32. The summed E-state index contributed by atoms with van der Waals surface area (Å²) < 4.78 is 24.9. The Balaban J connectivity index is 0.000000623. The summed E-state index contributed by atoms with van der Waals surface area (Å²) in [4.78, 5) is 21.0. The molecule has 0 atom stereocenters. The lowest BCUT2D eigenvalue weighted by molar-refractivity contribution is -0.136. The molecule has 5 aromatic rings. The number of imidazole rings is 1. The molecule has 41 heavy (non-hydrogen) atoms. The van der Waals surface area contributed by atoms with E-state index in [-0.39, 0.29) is 6.42 Å². The highest BCUT2D eigenvalue weighted by Crippen LogP contribution is 2.43. The van der Waals surface area contributed by atoms with E-state index in [4.69, 9.17) is 14.8 Å². The van der Waals surface area contributed by atoms with Crippen molar-refractivity contribution >= 4 is 22.6 Å². The highest BCUT2D eigenvalue weighted by molar-refractivity contribution is 6.00. The number of halogens is 1. The molecule has 1 aromatic carbocycles. The zero-order valence-electron chi connectivity index (χ0n) is 24.2. The highest BCUT2D eigenvalue weighted by Gasteiger charge is 2.26. The zero-order valence-corrected chi connectivity index (χ0v) is 24.2. The summed E-state index contributed by atoms with van der Waals surface area (Å²) >= 11 is 0. The summed E-state index contributed by atoms with van der Waals surface area (Å²) in [6.45, 7) is 9.51. The van der Waals surface area contributed by atoms with E-state index < -0.39 is 17.4 Å². The molecule has 0 spiro atoms.